The molecule has 1 aliphatic heterocycles. The standard InChI is InChI=1S/C25H24N6O3S2/c32-24(27-20-8-10-21(11-9-20)36(33,34)30-25-26-14-16-35-25)19-7-4-15-31(17-19)23-13-12-22(28-29-23)18-5-2-1-3-6-18/h1-3,5-6,8-14,16,19H,4,7,15,17H2,(H,26,30)(H,27,32). The lowest BCUT2D eigenvalue weighted by Crippen LogP contribution is -2.41. The number of hydrogen-bond acceptors (Lipinski definition) is 8. The Bertz CT molecular complexity index is 1410. The molecule has 2 aromatic carbocycles. The Labute approximate surface area is 213 Å². The van der Waals surface area contributed by atoms with Gasteiger partial charge in [-0.05, 0) is 49.2 Å². The Kier molecular flexibility index (Phi) is 6.92. The van der Waals surface area contributed by atoms with Gasteiger partial charge in [0.1, 0.15) is 0 Å². The zero-order chi connectivity index (χ0) is 25.0. The topological polar surface area (TPSA) is 117 Å². The van der Waals surface area contributed by atoms with E-state index in [9.17, 15) is 13.2 Å². The van der Waals surface area contributed by atoms with Gasteiger partial charge < -0.3 is 10.2 Å². The highest BCUT2D eigenvalue weighted by atomic mass is 32.2. The summed E-state index contributed by atoms with van der Waals surface area (Å²) in [6, 6.07) is 19.8. The quantitative estimate of drug-likeness (QED) is 0.374. The third-order valence-corrected chi connectivity index (χ3v) is 8.09. The number of benzene rings is 2. The molecule has 1 fully saturated rings. The number of nitrogens with zero attached hydrogens (tertiary/aromatic N) is 4. The first-order valence-electron chi connectivity index (χ1n) is 11.5. The molecule has 1 unspecified atom stereocenters. The largest absolute Gasteiger partial charge is 0.354 e. The molecular weight excluding hydrogens is 496 g/mol. The van der Waals surface area contributed by atoms with E-state index >= 15 is 0 Å². The smallest absolute Gasteiger partial charge is 0.263 e. The second-order valence-electron chi connectivity index (χ2n) is 8.38. The maximum Gasteiger partial charge on any atom is 0.263 e. The summed E-state index contributed by atoms with van der Waals surface area (Å²) in [5, 5.41) is 13.7. The first-order valence-corrected chi connectivity index (χ1v) is 13.8. The fraction of sp³-hybridized carbons (Fsp3) is 0.200. The molecule has 0 aliphatic carbocycles. The summed E-state index contributed by atoms with van der Waals surface area (Å²) < 4.78 is 27.4. The van der Waals surface area contributed by atoms with Gasteiger partial charge in [-0.2, -0.15) is 0 Å². The van der Waals surface area contributed by atoms with Crippen LogP contribution >= 0.6 is 11.3 Å². The zero-order valence-corrected chi connectivity index (χ0v) is 20.9. The van der Waals surface area contributed by atoms with Crippen molar-refractivity contribution in [2.75, 3.05) is 28.0 Å². The lowest BCUT2D eigenvalue weighted by molar-refractivity contribution is -0.120. The van der Waals surface area contributed by atoms with Crippen LogP contribution in [0.15, 0.2) is 83.2 Å². The van der Waals surface area contributed by atoms with E-state index in [4.69, 9.17) is 0 Å². The number of carbonyl (C=O) groups is 1. The number of hydrogen-bond donors (Lipinski definition) is 2. The van der Waals surface area contributed by atoms with Crippen LogP contribution in [0.25, 0.3) is 11.3 Å². The highest BCUT2D eigenvalue weighted by Gasteiger charge is 2.27. The molecule has 184 valence electrons. The minimum absolute atomic E-state index is 0.0945. The van der Waals surface area contributed by atoms with Crippen molar-refractivity contribution >= 4 is 43.9 Å². The number of piperidine rings is 1. The van der Waals surface area contributed by atoms with Crippen molar-refractivity contribution in [1.29, 1.82) is 0 Å². The molecule has 4 aromatic rings. The molecule has 0 bridgehead atoms. The van der Waals surface area contributed by atoms with Crippen molar-refractivity contribution in [2.45, 2.75) is 17.7 Å². The van der Waals surface area contributed by atoms with Crippen molar-refractivity contribution < 1.29 is 13.2 Å². The first kappa shape index (κ1) is 23.9. The Hall–Kier alpha value is -3.83. The predicted octanol–water partition coefficient (Wildman–Crippen LogP) is 4.26. The van der Waals surface area contributed by atoms with Gasteiger partial charge in [0.25, 0.3) is 10.0 Å². The molecule has 36 heavy (non-hydrogen) atoms. The summed E-state index contributed by atoms with van der Waals surface area (Å²) in [7, 11) is -3.74. The van der Waals surface area contributed by atoms with E-state index in [1.165, 1.54) is 29.7 Å². The van der Waals surface area contributed by atoms with E-state index in [1.54, 1.807) is 17.5 Å². The van der Waals surface area contributed by atoms with Crippen LogP contribution in [0, 0.1) is 5.92 Å². The molecule has 9 nitrogen and oxygen atoms in total. The third kappa shape index (κ3) is 5.52. The van der Waals surface area contributed by atoms with Crippen molar-refractivity contribution in [3.8, 4) is 11.3 Å². The molecule has 1 amide bonds. The molecule has 2 aromatic heterocycles. The van der Waals surface area contributed by atoms with E-state index in [-0.39, 0.29) is 16.7 Å². The molecule has 0 radical (unpaired) electrons. The van der Waals surface area contributed by atoms with Crippen molar-refractivity contribution in [3.05, 3.63) is 78.3 Å². The molecule has 5 rings (SSSR count). The summed E-state index contributed by atoms with van der Waals surface area (Å²) in [5.74, 6) is 0.420. The Balaban J connectivity index is 1.20. The van der Waals surface area contributed by atoms with Gasteiger partial charge in [-0.1, -0.05) is 30.3 Å². The highest BCUT2D eigenvalue weighted by Crippen LogP contribution is 2.25. The van der Waals surface area contributed by atoms with Crippen molar-refractivity contribution in [3.63, 3.8) is 0 Å². The molecule has 1 atom stereocenters. The fourth-order valence-corrected chi connectivity index (χ4v) is 5.85. The van der Waals surface area contributed by atoms with E-state index in [1.807, 2.05) is 42.5 Å². The number of aromatic nitrogens is 3. The fourth-order valence-electron chi connectivity index (χ4n) is 4.07. The summed E-state index contributed by atoms with van der Waals surface area (Å²) in [4.78, 5) is 19.1. The number of anilines is 3. The van der Waals surface area contributed by atoms with Crippen molar-refractivity contribution in [2.24, 2.45) is 5.92 Å². The van der Waals surface area contributed by atoms with Crippen LogP contribution < -0.4 is 14.9 Å². The van der Waals surface area contributed by atoms with Crippen LogP contribution in [0.5, 0.6) is 0 Å². The normalized spacial score (nSPS) is 15.9. The van der Waals surface area contributed by atoms with Gasteiger partial charge >= 0.3 is 0 Å². The van der Waals surface area contributed by atoms with Gasteiger partial charge in [-0.3, -0.25) is 9.52 Å². The van der Waals surface area contributed by atoms with Gasteiger partial charge in [-0.25, -0.2) is 13.4 Å². The second kappa shape index (κ2) is 10.4. The van der Waals surface area contributed by atoms with Crippen LogP contribution in [0.4, 0.5) is 16.6 Å². The van der Waals surface area contributed by atoms with Crippen LogP contribution in [0.3, 0.4) is 0 Å². The SMILES string of the molecule is O=C(Nc1ccc(S(=O)(=O)Nc2nccs2)cc1)C1CCCN(c2ccc(-c3ccccc3)nn2)C1. The Morgan fingerprint density at radius 3 is 2.50 bits per heavy atom. The van der Waals surface area contributed by atoms with Crippen molar-refractivity contribution in [1.82, 2.24) is 15.2 Å². The molecule has 1 aliphatic rings. The Morgan fingerprint density at radius 1 is 1.00 bits per heavy atom. The van der Waals surface area contributed by atoms with Crippen LogP contribution in [-0.2, 0) is 14.8 Å². The maximum atomic E-state index is 13.0. The average molecular weight is 521 g/mol. The molecule has 0 spiro atoms. The van der Waals surface area contributed by atoms with Gasteiger partial charge in [0.05, 0.1) is 16.5 Å². The zero-order valence-electron chi connectivity index (χ0n) is 19.2. The van der Waals surface area contributed by atoms with Crippen LogP contribution in [0.2, 0.25) is 0 Å². The molecule has 11 heteroatoms. The number of thiazole rings is 1. The summed E-state index contributed by atoms with van der Waals surface area (Å²) in [6.45, 7) is 1.34. The summed E-state index contributed by atoms with van der Waals surface area (Å²) in [5.41, 5.74) is 2.35. The number of nitrogens with one attached hydrogen (secondary N) is 2. The van der Waals surface area contributed by atoms with E-state index in [0.717, 1.165) is 36.5 Å². The van der Waals surface area contributed by atoms with E-state index < -0.39 is 10.0 Å². The summed E-state index contributed by atoms with van der Waals surface area (Å²) in [6.07, 6.45) is 3.15. The molecule has 3 heterocycles. The average Bonchev–Trinajstić information content (AvgIpc) is 3.42. The van der Waals surface area contributed by atoms with Gasteiger partial charge in [-0.15, -0.1) is 21.5 Å². The number of rotatable bonds is 7. The summed E-state index contributed by atoms with van der Waals surface area (Å²) >= 11 is 1.20. The van der Waals surface area contributed by atoms with Gasteiger partial charge in [0.2, 0.25) is 5.91 Å². The molecule has 0 saturated carbocycles. The third-order valence-electron chi connectivity index (χ3n) is 5.92. The molecule has 2 N–H and O–H groups in total. The van der Waals surface area contributed by atoms with Crippen LogP contribution in [-0.4, -0.2) is 42.6 Å². The predicted molar refractivity (Wildman–Crippen MR) is 140 cm³/mol. The lowest BCUT2D eigenvalue weighted by atomic mass is 9.97. The minimum atomic E-state index is -3.74. The van der Waals surface area contributed by atoms with E-state index in [0.29, 0.717) is 17.4 Å². The maximum absolute atomic E-state index is 13.0. The number of carbonyl (C=O) groups excluding carboxylic acids is 1. The monoisotopic (exact) mass is 520 g/mol. The van der Waals surface area contributed by atoms with Gasteiger partial charge in [0.15, 0.2) is 10.9 Å². The van der Waals surface area contributed by atoms with E-state index in [2.05, 4.69) is 30.1 Å². The molecular formula is C25H24N6O3S2. The van der Waals surface area contributed by atoms with Crippen LogP contribution in [0.1, 0.15) is 12.8 Å². The number of sulfonamides is 1. The molecule has 1 saturated heterocycles. The Morgan fingerprint density at radius 2 is 1.81 bits per heavy atom. The highest BCUT2D eigenvalue weighted by molar-refractivity contribution is 7.93. The first-order chi connectivity index (χ1) is 17.5. The second-order valence-corrected chi connectivity index (χ2v) is 11.0. The van der Waals surface area contributed by atoms with Gasteiger partial charge in [0, 0.05) is 35.9 Å². The minimum Gasteiger partial charge on any atom is -0.354 e. The lowest BCUT2D eigenvalue weighted by Gasteiger charge is -2.32. The number of amides is 1.